The molecule has 2 N–H and O–H groups in total. The molecule has 0 unspecified atom stereocenters. The number of rotatable bonds is 4. The van der Waals surface area contributed by atoms with Crippen LogP contribution in [-0.4, -0.2) is 5.11 Å². The molecule has 23 heavy (non-hydrogen) atoms. The van der Waals surface area contributed by atoms with E-state index < -0.39 is 11.6 Å². The van der Waals surface area contributed by atoms with Crippen molar-refractivity contribution in [2.24, 2.45) is 0 Å². The number of benzene rings is 2. The smallest absolute Gasteiger partial charge is 0.171 e. The molecule has 0 aromatic heterocycles. The van der Waals surface area contributed by atoms with Crippen LogP contribution in [0.15, 0.2) is 36.4 Å². The number of aryl methyl sites for hydroxylation is 2. The van der Waals surface area contributed by atoms with E-state index in [1.807, 2.05) is 6.92 Å². The Hall–Kier alpha value is -2.01. The van der Waals surface area contributed by atoms with Crippen LogP contribution in [0.2, 0.25) is 0 Å². The Bertz CT molecular complexity index is 716. The molecular weight excluding hydrogens is 314 g/mol. The van der Waals surface area contributed by atoms with Crippen molar-refractivity contribution in [1.82, 2.24) is 5.32 Å². The molecule has 122 valence electrons. The second kappa shape index (κ2) is 7.51. The van der Waals surface area contributed by atoms with Crippen LogP contribution < -0.4 is 10.6 Å². The van der Waals surface area contributed by atoms with E-state index in [1.165, 1.54) is 23.3 Å². The van der Waals surface area contributed by atoms with E-state index >= 15 is 0 Å². The van der Waals surface area contributed by atoms with Crippen molar-refractivity contribution in [1.29, 1.82) is 0 Å². The van der Waals surface area contributed by atoms with Gasteiger partial charge >= 0.3 is 0 Å². The predicted octanol–water partition coefficient (Wildman–Crippen LogP) is 5.02. The minimum absolute atomic E-state index is 0.0257. The summed E-state index contributed by atoms with van der Waals surface area (Å²) in [4.78, 5) is 0. The van der Waals surface area contributed by atoms with Crippen LogP contribution in [0.25, 0.3) is 0 Å². The Morgan fingerprint density at radius 3 is 2.43 bits per heavy atom. The van der Waals surface area contributed by atoms with Crippen molar-refractivity contribution in [3.8, 4) is 0 Å². The fraction of sp³-hybridized carbons (Fsp3) is 0.278. The van der Waals surface area contributed by atoms with Gasteiger partial charge in [0.25, 0.3) is 0 Å². The zero-order valence-electron chi connectivity index (χ0n) is 13.4. The fourth-order valence-corrected chi connectivity index (χ4v) is 2.56. The molecule has 0 bridgehead atoms. The van der Waals surface area contributed by atoms with E-state index in [4.69, 9.17) is 12.2 Å². The van der Waals surface area contributed by atoms with Gasteiger partial charge in [0.05, 0.1) is 11.7 Å². The summed E-state index contributed by atoms with van der Waals surface area (Å²) in [5.74, 6) is -1.29. The highest BCUT2D eigenvalue weighted by Gasteiger charge is 2.12. The van der Waals surface area contributed by atoms with Gasteiger partial charge in [-0.25, -0.2) is 8.78 Å². The summed E-state index contributed by atoms with van der Waals surface area (Å²) in [5, 5.41) is 6.26. The zero-order valence-corrected chi connectivity index (χ0v) is 14.2. The van der Waals surface area contributed by atoms with Gasteiger partial charge in [0.1, 0.15) is 11.6 Å². The standard InChI is InChI=1S/C18H20F2N2S/c1-4-16(13-6-5-11(2)12(3)9-13)21-18(23)22-17-8-7-14(19)10-15(17)20/h5-10,16H,4H2,1-3H3,(H2,21,22,23)/t16-/m1/s1. The molecule has 0 spiro atoms. The maximum absolute atomic E-state index is 13.7. The molecule has 0 saturated carbocycles. The quantitative estimate of drug-likeness (QED) is 0.768. The third-order valence-corrected chi connectivity index (χ3v) is 4.05. The summed E-state index contributed by atoms with van der Waals surface area (Å²) in [6, 6.07) is 9.63. The number of anilines is 1. The Morgan fingerprint density at radius 2 is 1.83 bits per heavy atom. The summed E-state index contributed by atoms with van der Waals surface area (Å²) in [6.07, 6.45) is 0.830. The van der Waals surface area contributed by atoms with Gasteiger partial charge in [-0.3, -0.25) is 0 Å². The van der Waals surface area contributed by atoms with Crippen LogP contribution in [0.1, 0.15) is 36.1 Å². The van der Waals surface area contributed by atoms with E-state index in [9.17, 15) is 8.78 Å². The summed E-state index contributed by atoms with van der Waals surface area (Å²) >= 11 is 5.25. The average molecular weight is 334 g/mol. The number of nitrogens with one attached hydrogen (secondary N) is 2. The van der Waals surface area contributed by atoms with Crippen molar-refractivity contribution in [3.63, 3.8) is 0 Å². The first-order chi connectivity index (χ1) is 10.9. The molecule has 2 rings (SSSR count). The van der Waals surface area contributed by atoms with Crippen LogP contribution in [0, 0.1) is 25.5 Å². The highest BCUT2D eigenvalue weighted by Crippen LogP contribution is 2.21. The monoisotopic (exact) mass is 334 g/mol. The second-order valence-electron chi connectivity index (χ2n) is 5.53. The molecule has 0 radical (unpaired) electrons. The minimum Gasteiger partial charge on any atom is -0.356 e. The van der Waals surface area contributed by atoms with E-state index in [0.717, 1.165) is 18.1 Å². The van der Waals surface area contributed by atoms with Gasteiger partial charge in [-0.05, 0) is 61.3 Å². The van der Waals surface area contributed by atoms with E-state index in [-0.39, 0.29) is 11.7 Å². The van der Waals surface area contributed by atoms with Crippen LogP contribution >= 0.6 is 12.2 Å². The van der Waals surface area contributed by atoms with Crippen molar-refractivity contribution in [2.45, 2.75) is 33.2 Å². The normalized spacial score (nSPS) is 11.9. The summed E-state index contributed by atoms with van der Waals surface area (Å²) in [7, 11) is 0. The number of halogens is 2. The number of hydrogen-bond donors (Lipinski definition) is 2. The van der Waals surface area contributed by atoms with Crippen LogP contribution in [0.5, 0.6) is 0 Å². The first-order valence-corrected chi connectivity index (χ1v) is 7.91. The molecule has 0 amide bonds. The van der Waals surface area contributed by atoms with Crippen molar-refractivity contribution >= 4 is 23.0 Å². The number of hydrogen-bond acceptors (Lipinski definition) is 1. The Balaban J connectivity index is 2.08. The maximum Gasteiger partial charge on any atom is 0.171 e. The predicted molar refractivity (Wildman–Crippen MR) is 94.7 cm³/mol. The molecular formula is C18H20F2N2S. The third kappa shape index (κ3) is 4.48. The molecule has 0 aliphatic carbocycles. The third-order valence-electron chi connectivity index (χ3n) is 3.83. The zero-order chi connectivity index (χ0) is 17.0. The highest BCUT2D eigenvalue weighted by atomic mass is 32.1. The minimum atomic E-state index is -0.673. The molecule has 2 aromatic carbocycles. The molecule has 2 aromatic rings. The molecule has 1 atom stereocenters. The Morgan fingerprint density at radius 1 is 1.09 bits per heavy atom. The van der Waals surface area contributed by atoms with Gasteiger partial charge in [-0.2, -0.15) is 0 Å². The van der Waals surface area contributed by atoms with Crippen LogP contribution in [-0.2, 0) is 0 Å². The van der Waals surface area contributed by atoms with Crippen LogP contribution in [0.3, 0.4) is 0 Å². The Labute approximate surface area is 140 Å². The summed E-state index contributed by atoms with van der Waals surface area (Å²) in [6.45, 7) is 6.18. The first-order valence-electron chi connectivity index (χ1n) is 7.50. The molecule has 2 nitrogen and oxygen atoms in total. The Kier molecular flexibility index (Phi) is 5.66. The van der Waals surface area contributed by atoms with E-state index in [0.29, 0.717) is 5.11 Å². The molecule has 0 heterocycles. The van der Waals surface area contributed by atoms with Crippen molar-refractivity contribution < 1.29 is 8.78 Å². The maximum atomic E-state index is 13.7. The van der Waals surface area contributed by atoms with Gasteiger partial charge in [0, 0.05) is 6.07 Å². The highest BCUT2D eigenvalue weighted by molar-refractivity contribution is 7.80. The second-order valence-corrected chi connectivity index (χ2v) is 5.94. The fourth-order valence-electron chi connectivity index (χ4n) is 2.31. The lowest BCUT2D eigenvalue weighted by Gasteiger charge is -2.21. The van der Waals surface area contributed by atoms with Gasteiger partial charge in [0.15, 0.2) is 5.11 Å². The van der Waals surface area contributed by atoms with Crippen molar-refractivity contribution in [2.75, 3.05) is 5.32 Å². The van der Waals surface area contributed by atoms with Gasteiger partial charge in [-0.15, -0.1) is 0 Å². The topological polar surface area (TPSA) is 24.1 Å². The van der Waals surface area contributed by atoms with Gasteiger partial charge in [-0.1, -0.05) is 25.1 Å². The largest absolute Gasteiger partial charge is 0.356 e. The summed E-state index contributed by atoms with van der Waals surface area (Å²) in [5.41, 5.74) is 3.72. The van der Waals surface area contributed by atoms with Gasteiger partial charge < -0.3 is 10.6 Å². The lowest BCUT2D eigenvalue weighted by molar-refractivity contribution is 0.585. The molecule has 0 fully saturated rings. The number of thiocarbonyl (C=S) groups is 1. The van der Waals surface area contributed by atoms with E-state index in [1.54, 1.807) is 0 Å². The first kappa shape index (κ1) is 17.3. The van der Waals surface area contributed by atoms with Crippen molar-refractivity contribution in [3.05, 3.63) is 64.7 Å². The lowest BCUT2D eigenvalue weighted by Crippen LogP contribution is -2.32. The van der Waals surface area contributed by atoms with Crippen LogP contribution in [0.4, 0.5) is 14.5 Å². The molecule has 0 aliphatic heterocycles. The SMILES string of the molecule is CC[C@@H](NC(=S)Nc1ccc(F)cc1F)c1ccc(C)c(C)c1. The average Bonchev–Trinajstić information content (AvgIpc) is 2.50. The van der Waals surface area contributed by atoms with E-state index in [2.05, 4.69) is 42.7 Å². The summed E-state index contributed by atoms with van der Waals surface area (Å²) < 4.78 is 26.6. The molecule has 0 saturated heterocycles. The van der Waals surface area contributed by atoms with Gasteiger partial charge in [0.2, 0.25) is 0 Å². The molecule has 5 heteroatoms. The molecule has 0 aliphatic rings. The lowest BCUT2D eigenvalue weighted by atomic mass is 9.99.